The van der Waals surface area contributed by atoms with Gasteiger partial charge in [0.25, 0.3) is 10.0 Å². The second kappa shape index (κ2) is 6.12. The minimum atomic E-state index is -3.58. The lowest BCUT2D eigenvalue weighted by Crippen LogP contribution is -2.43. The molecule has 1 aliphatic heterocycles. The topological polar surface area (TPSA) is 98.4 Å². The molecule has 108 valence electrons. The highest BCUT2D eigenvalue weighted by Gasteiger charge is 2.33. The molecular formula is C10H18N4O3S2. The largest absolute Gasteiger partial charge is 0.377 e. The van der Waals surface area contributed by atoms with Gasteiger partial charge in [-0.25, -0.2) is 8.42 Å². The lowest BCUT2D eigenvalue weighted by atomic mass is 10.1. The molecule has 0 aromatic carbocycles. The van der Waals surface area contributed by atoms with Crippen molar-refractivity contribution < 1.29 is 13.2 Å². The SMILES string of the molecule is CCCOC1CCCN(S(=O)(=O)c2nnc(N)s2)C1. The highest BCUT2D eigenvalue weighted by Crippen LogP contribution is 2.25. The summed E-state index contributed by atoms with van der Waals surface area (Å²) in [4.78, 5) is 0. The van der Waals surface area contributed by atoms with Gasteiger partial charge in [-0.15, -0.1) is 10.2 Å². The first-order chi connectivity index (χ1) is 9.04. The summed E-state index contributed by atoms with van der Waals surface area (Å²) >= 11 is 0.893. The van der Waals surface area contributed by atoms with Crippen LogP contribution < -0.4 is 5.73 Å². The average molecular weight is 306 g/mol. The Hall–Kier alpha value is -0.770. The fraction of sp³-hybridized carbons (Fsp3) is 0.800. The lowest BCUT2D eigenvalue weighted by Gasteiger charge is -2.30. The molecule has 1 aromatic heterocycles. The molecule has 9 heteroatoms. The van der Waals surface area contributed by atoms with E-state index in [9.17, 15) is 8.42 Å². The van der Waals surface area contributed by atoms with Gasteiger partial charge < -0.3 is 10.5 Å². The van der Waals surface area contributed by atoms with Crippen LogP contribution in [0.5, 0.6) is 0 Å². The summed E-state index contributed by atoms with van der Waals surface area (Å²) in [6, 6.07) is 0. The molecule has 0 bridgehead atoms. The summed E-state index contributed by atoms with van der Waals surface area (Å²) in [7, 11) is -3.58. The Morgan fingerprint density at radius 1 is 1.53 bits per heavy atom. The Kier molecular flexibility index (Phi) is 4.71. The number of nitrogen functional groups attached to an aromatic ring is 1. The number of ether oxygens (including phenoxy) is 1. The van der Waals surface area contributed by atoms with Crippen LogP contribution in [0.3, 0.4) is 0 Å². The maximum absolute atomic E-state index is 12.3. The predicted octanol–water partition coefficient (Wildman–Crippen LogP) is 0.700. The monoisotopic (exact) mass is 306 g/mol. The molecule has 1 fully saturated rings. The molecule has 2 N–H and O–H groups in total. The highest BCUT2D eigenvalue weighted by molar-refractivity contribution is 7.91. The second-order valence-electron chi connectivity index (χ2n) is 4.40. The van der Waals surface area contributed by atoms with E-state index in [1.54, 1.807) is 0 Å². The lowest BCUT2D eigenvalue weighted by molar-refractivity contribution is 0.0193. The minimum absolute atomic E-state index is 0.0336. The summed E-state index contributed by atoms with van der Waals surface area (Å²) in [5, 5.41) is 7.34. The molecule has 1 saturated heterocycles. The van der Waals surface area contributed by atoms with E-state index in [4.69, 9.17) is 10.5 Å². The third kappa shape index (κ3) is 3.41. The third-order valence-electron chi connectivity index (χ3n) is 2.88. The van der Waals surface area contributed by atoms with Gasteiger partial charge in [-0.2, -0.15) is 4.31 Å². The van der Waals surface area contributed by atoms with E-state index in [1.165, 1.54) is 4.31 Å². The Labute approximate surface area is 116 Å². The van der Waals surface area contributed by atoms with E-state index in [1.807, 2.05) is 6.92 Å². The Morgan fingerprint density at radius 3 is 2.95 bits per heavy atom. The van der Waals surface area contributed by atoms with E-state index >= 15 is 0 Å². The molecule has 0 radical (unpaired) electrons. The zero-order valence-electron chi connectivity index (χ0n) is 10.8. The fourth-order valence-electron chi connectivity index (χ4n) is 1.98. The van der Waals surface area contributed by atoms with Gasteiger partial charge in [0, 0.05) is 19.7 Å². The van der Waals surface area contributed by atoms with Crippen molar-refractivity contribution in [2.45, 2.75) is 36.6 Å². The van der Waals surface area contributed by atoms with Crippen LogP contribution in [0.25, 0.3) is 0 Å². The van der Waals surface area contributed by atoms with E-state index in [0.717, 1.165) is 30.6 Å². The van der Waals surface area contributed by atoms with Crippen LogP contribution in [0.1, 0.15) is 26.2 Å². The molecule has 0 amide bonds. The van der Waals surface area contributed by atoms with E-state index in [0.29, 0.717) is 19.7 Å². The molecule has 1 atom stereocenters. The van der Waals surface area contributed by atoms with Crippen molar-refractivity contribution in [2.24, 2.45) is 0 Å². The van der Waals surface area contributed by atoms with E-state index in [-0.39, 0.29) is 15.6 Å². The van der Waals surface area contributed by atoms with Gasteiger partial charge in [0.15, 0.2) is 0 Å². The number of sulfonamides is 1. The molecule has 0 spiro atoms. The van der Waals surface area contributed by atoms with Crippen molar-refractivity contribution in [1.82, 2.24) is 14.5 Å². The maximum Gasteiger partial charge on any atom is 0.272 e. The van der Waals surface area contributed by atoms with Crippen molar-refractivity contribution in [3.05, 3.63) is 0 Å². The zero-order chi connectivity index (χ0) is 13.9. The molecular weight excluding hydrogens is 288 g/mol. The van der Waals surface area contributed by atoms with Crippen LogP contribution >= 0.6 is 11.3 Å². The van der Waals surface area contributed by atoms with Crippen LogP contribution in [-0.4, -0.2) is 48.7 Å². The van der Waals surface area contributed by atoms with Gasteiger partial charge in [0.05, 0.1) is 6.10 Å². The van der Waals surface area contributed by atoms with Gasteiger partial charge in [-0.1, -0.05) is 18.3 Å². The van der Waals surface area contributed by atoms with Gasteiger partial charge >= 0.3 is 0 Å². The number of rotatable bonds is 5. The molecule has 2 heterocycles. The van der Waals surface area contributed by atoms with Crippen molar-refractivity contribution in [3.63, 3.8) is 0 Å². The standard InChI is InChI=1S/C10H18N4O3S2/c1-2-6-17-8-4-3-5-14(7-8)19(15,16)10-13-12-9(11)18-10/h8H,2-7H2,1H3,(H2,11,12). The predicted molar refractivity (Wildman–Crippen MR) is 72.3 cm³/mol. The third-order valence-corrected chi connectivity index (χ3v) is 5.84. The maximum atomic E-state index is 12.3. The van der Waals surface area contributed by atoms with Crippen LogP contribution in [0.4, 0.5) is 5.13 Å². The highest BCUT2D eigenvalue weighted by atomic mass is 32.2. The summed E-state index contributed by atoms with van der Waals surface area (Å²) in [6.07, 6.45) is 2.58. The molecule has 0 saturated carbocycles. The number of hydrogen-bond acceptors (Lipinski definition) is 7. The Balaban J connectivity index is 2.08. The van der Waals surface area contributed by atoms with Crippen molar-refractivity contribution in [1.29, 1.82) is 0 Å². The van der Waals surface area contributed by atoms with Crippen molar-refractivity contribution in [3.8, 4) is 0 Å². The fourth-order valence-corrected chi connectivity index (χ4v) is 4.41. The van der Waals surface area contributed by atoms with Gasteiger partial charge in [-0.3, -0.25) is 0 Å². The van der Waals surface area contributed by atoms with Gasteiger partial charge in [-0.05, 0) is 19.3 Å². The van der Waals surface area contributed by atoms with E-state index < -0.39 is 10.0 Å². The Morgan fingerprint density at radius 2 is 2.32 bits per heavy atom. The molecule has 7 nitrogen and oxygen atoms in total. The first-order valence-corrected chi connectivity index (χ1v) is 8.50. The van der Waals surface area contributed by atoms with Crippen LogP contribution in [-0.2, 0) is 14.8 Å². The number of hydrogen-bond donors (Lipinski definition) is 1. The molecule has 19 heavy (non-hydrogen) atoms. The molecule has 2 rings (SSSR count). The number of piperidine rings is 1. The quantitative estimate of drug-likeness (QED) is 0.860. The van der Waals surface area contributed by atoms with Crippen LogP contribution in [0, 0.1) is 0 Å². The summed E-state index contributed by atoms with van der Waals surface area (Å²) in [5.74, 6) is 0. The summed E-state index contributed by atoms with van der Waals surface area (Å²) < 4.78 is 31.7. The first-order valence-electron chi connectivity index (χ1n) is 6.24. The van der Waals surface area contributed by atoms with Gasteiger partial charge in [0.1, 0.15) is 0 Å². The molecule has 1 aliphatic rings. The minimum Gasteiger partial charge on any atom is -0.377 e. The second-order valence-corrected chi connectivity index (χ2v) is 7.53. The average Bonchev–Trinajstić information content (AvgIpc) is 2.84. The van der Waals surface area contributed by atoms with E-state index in [2.05, 4.69) is 10.2 Å². The van der Waals surface area contributed by atoms with Crippen LogP contribution in [0.15, 0.2) is 4.34 Å². The normalized spacial score (nSPS) is 21.6. The zero-order valence-corrected chi connectivity index (χ0v) is 12.4. The van der Waals surface area contributed by atoms with Crippen LogP contribution in [0.2, 0.25) is 0 Å². The molecule has 1 unspecified atom stereocenters. The molecule has 0 aliphatic carbocycles. The number of nitrogens with zero attached hydrogens (tertiary/aromatic N) is 3. The number of nitrogens with two attached hydrogens (primary N) is 1. The summed E-state index contributed by atoms with van der Waals surface area (Å²) in [6.45, 7) is 3.56. The summed E-state index contributed by atoms with van der Waals surface area (Å²) in [5.41, 5.74) is 5.44. The number of aromatic nitrogens is 2. The Bertz CT molecular complexity index is 517. The molecule has 1 aromatic rings. The smallest absolute Gasteiger partial charge is 0.272 e. The first kappa shape index (κ1) is 14.6. The van der Waals surface area contributed by atoms with Crippen molar-refractivity contribution >= 4 is 26.5 Å². The van der Waals surface area contributed by atoms with Gasteiger partial charge in [0.2, 0.25) is 9.47 Å². The number of anilines is 1. The van der Waals surface area contributed by atoms with Crippen molar-refractivity contribution in [2.75, 3.05) is 25.4 Å².